The van der Waals surface area contributed by atoms with Crippen LogP contribution in [0, 0.1) is 5.92 Å². The smallest absolute Gasteiger partial charge is 0.241 e. The van der Waals surface area contributed by atoms with Crippen LogP contribution in [0.3, 0.4) is 0 Å². The van der Waals surface area contributed by atoms with Crippen LogP contribution in [-0.4, -0.2) is 55.0 Å². The molecule has 1 aromatic rings. The summed E-state index contributed by atoms with van der Waals surface area (Å²) < 4.78 is 0. The summed E-state index contributed by atoms with van der Waals surface area (Å²) in [4.78, 5) is 17.6. The molecule has 1 N–H and O–H groups in total. The van der Waals surface area contributed by atoms with Gasteiger partial charge in [0.1, 0.15) is 6.04 Å². The zero-order chi connectivity index (χ0) is 18.1. The Morgan fingerprint density at radius 2 is 1.84 bits per heavy atom. The summed E-state index contributed by atoms with van der Waals surface area (Å²) in [6, 6.07) is 9.94. The average Bonchev–Trinajstić information content (AvgIpc) is 2.65. The topological polar surface area (TPSA) is 35.6 Å². The van der Waals surface area contributed by atoms with E-state index in [1.54, 1.807) is 0 Å². The Bertz CT molecular complexity index is 493. The van der Waals surface area contributed by atoms with Crippen LogP contribution in [0.5, 0.6) is 0 Å². The molecule has 1 unspecified atom stereocenters. The minimum Gasteiger partial charge on any atom is -0.354 e. The van der Waals surface area contributed by atoms with Gasteiger partial charge in [-0.2, -0.15) is 0 Å². The Kier molecular flexibility index (Phi) is 8.42. The lowest BCUT2D eigenvalue weighted by Crippen LogP contribution is -2.41. The van der Waals surface area contributed by atoms with Gasteiger partial charge in [0.2, 0.25) is 5.91 Å². The van der Waals surface area contributed by atoms with Crippen molar-refractivity contribution >= 4 is 5.91 Å². The van der Waals surface area contributed by atoms with Crippen LogP contribution in [-0.2, 0) is 4.79 Å². The summed E-state index contributed by atoms with van der Waals surface area (Å²) in [5, 5.41) is 3.17. The van der Waals surface area contributed by atoms with E-state index in [1.807, 2.05) is 18.2 Å². The zero-order valence-electron chi connectivity index (χ0n) is 16.2. The summed E-state index contributed by atoms with van der Waals surface area (Å²) in [5.41, 5.74) is 1.08. The van der Waals surface area contributed by atoms with Gasteiger partial charge in [0.25, 0.3) is 0 Å². The first kappa shape index (κ1) is 19.9. The molecule has 0 saturated carbocycles. The third-order valence-corrected chi connectivity index (χ3v) is 5.37. The molecule has 1 heterocycles. The summed E-state index contributed by atoms with van der Waals surface area (Å²) >= 11 is 0. The molecule has 1 aromatic carbocycles. The van der Waals surface area contributed by atoms with E-state index < -0.39 is 0 Å². The number of likely N-dealkylation sites (tertiary alicyclic amines) is 1. The Labute approximate surface area is 153 Å². The van der Waals surface area contributed by atoms with Gasteiger partial charge in [-0.05, 0) is 63.5 Å². The number of benzene rings is 1. The lowest BCUT2D eigenvalue weighted by atomic mass is 9.99. The third kappa shape index (κ3) is 6.12. The van der Waals surface area contributed by atoms with Gasteiger partial charge in [0.15, 0.2) is 0 Å². The minimum absolute atomic E-state index is 0.127. The van der Waals surface area contributed by atoms with Gasteiger partial charge in [0, 0.05) is 6.54 Å². The first-order chi connectivity index (χ1) is 12.2. The number of carbonyl (C=O) groups is 1. The maximum absolute atomic E-state index is 12.8. The SMILES string of the molecule is CCN(CC)C(C(=O)NCCCN1CCC(C)CC1)c1ccccc1. The molecule has 1 aliphatic rings. The van der Waals surface area contributed by atoms with Gasteiger partial charge in [-0.3, -0.25) is 9.69 Å². The molecule has 1 saturated heterocycles. The highest BCUT2D eigenvalue weighted by atomic mass is 16.2. The van der Waals surface area contributed by atoms with E-state index in [4.69, 9.17) is 0 Å². The molecular weight excluding hydrogens is 310 g/mol. The molecule has 0 radical (unpaired) electrons. The highest BCUT2D eigenvalue weighted by Gasteiger charge is 2.25. The number of nitrogens with zero attached hydrogens (tertiary/aromatic N) is 2. The maximum Gasteiger partial charge on any atom is 0.241 e. The number of piperidine rings is 1. The van der Waals surface area contributed by atoms with Crippen LogP contribution in [0.15, 0.2) is 30.3 Å². The second-order valence-corrected chi connectivity index (χ2v) is 7.20. The highest BCUT2D eigenvalue weighted by Crippen LogP contribution is 2.20. The Hall–Kier alpha value is -1.39. The molecule has 1 aliphatic heterocycles. The number of amides is 1. The number of hydrogen-bond acceptors (Lipinski definition) is 3. The van der Waals surface area contributed by atoms with Crippen molar-refractivity contribution in [2.75, 3.05) is 39.3 Å². The second-order valence-electron chi connectivity index (χ2n) is 7.20. The van der Waals surface area contributed by atoms with E-state index >= 15 is 0 Å². The summed E-state index contributed by atoms with van der Waals surface area (Å²) in [6.07, 6.45) is 3.65. The Balaban J connectivity index is 1.83. The first-order valence-corrected chi connectivity index (χ1v) is 9.94. The normalized spacial score (nSPS) is 17.6. The van der Waals surface area contributed by atoms with Crippen molar-refractivity contribution < 1.29 is 4.79 Å². The summed E-state index contributed by atoms with van der Waals surface area (Å²) in [6.45, 7) is 12.6. The third-order valence-electron chi connectivity index (χ3n) is 5.37. The minimum atomic E-state index is -0.188. The maximum atomic E-state index is 12.8. The molecule has 0 aliphatic carbocycles. The van der Waals surface area contributed by atoms with E-state index in [9.17, 15) is 4.79 Å². The average molecular weight is 346 g/mol. The number of carbonyl (C=O) groups excluding carboxylic acids is 1. The van der Waals surface area contributed by atoms with E-state index in [2.05, 4.69) is 48.0 Å². The van der Waals surface area contributed by atoms with Crippen molar-refractivity contribution in [2.24, 2.45) is 5.92 Å². The van der Waals surface area contributed by atoms with Crippen LogP contribution in [0.1, 0.15) is 51.6 Å². The number of rotatable bonds is 9. The van der Waals surface area contributed by atoms with Gasteiger partial charge in [-0.25, -0.2) is 0 Å². The van der Waals surface area contributed by atoms with Crippen molar-refractivity contribution in [3.05, 3.63) is 35.9 Å². The monoisotopic (exact) mass is 345 g/mol. The molecule has 0 spiro atoms. The van der Waals surface area contributed by atoms with Gasteiger partial charge in [-0.1, -0.05) is 51.1 Å². The van der Waals surface area contributed by atoms with Crippen LogP contribution in [0.2, 0.25) is 0 Å². The Morgan fingerprint density at radius 1 is 1.20 bits per heavy atom. The predicted molar refractivity (Wildman–Crippen MR) is 105 cm³/mol. The van der Waals surface area contributed by atoms with Crippen molar-refractivity contribution in [3.8, 4) is 0 Å². The molecule has 1 fully saturated rings. The van der Waals surface area contributed by atoms with Crippen molar-refractivity contribution in [1.82, 2.24) is 15.1 Å². The van der Waals surface area contributed by atoms with E-state index in [0.29, 0.717) is 0 Å². The van der Waals surface area contributed by atoms with Gasteiger partial charge in [0.05, 0.1) is 0 Å². The molecule has 1 atom stereocenters. The largest absolute Gasteiger partial charge is 0.354 e. The van der Waals surface area contributed by atoms with Crippen molar-refractivity contribution in [3.63, 3.8) is 0 Å². The molecular formula is C21H35N3O. The van der Waals surface area contributed by atoms with Gasteiger partial charge < -0.3 is 10.2 Å². The molecule has 1 amide bonds. The molecule has 4 heteroatoms. The second kappa shape index (κ2) is 10.6. The number of hydrogen-bond donors (Lipinski definition) is 1. The van der Waals surface area contributed by atoms with Gasteiger partial charge >= 0.3 is 0 Å². The number of likely N-dealkylation sites (N-methyl/N-ethyl adjacent to an activating group) is 1. The van der Waals surface area contributed by atoms with E-state index in [0.717, 1.165) is 44.1 Å². The fourth-order valence-corrected chi connectivity index (χ4v) is 3.65. The number of nitrogens with one attached hydrogen (secondary N) is 1. The fourth-order valence-electron chi connectivity index (χ4n) is 3.65. The summed E-state index contributed by atoms with van der Waals surface area (Å²) in [5.74, 6) is 0.999. The van der Waals surface area contributed by atoms with Crippen LogP contribution in [0.4, 0.5) is 0 Å². The highest BCUT2D eigenvalue weighted by molar-refractivity contribution is 5.83. The standard InChI is InChI=1S/C21H35N3O/c1-4-24(5-2)20(19-10-7-6-8-11-19)21(25)22-14-9-15-23-16-12-18(3)13-17-23/h6-8,10-11,18,20H,4-5,9,12-17H2,1-3H3,(H,22,25). The van der Waals surface area contributed by atoms with E-state index in [-0.39, 0.29) is 11.9 Å². The van der Waals surface area contributed by atoms with Gasteiger partial charge in [-0.15, -0.1) is 0 Å². The quantitative estimate of drug-likeness (QED) is 0.698. The molecule has 0 aromatic heterocycles. The molecule has 4 nitrogen and oxygen atoms in total. The van der Waals surface area contributed by atoms with E-state index in [1.165, 1.54) is 25.9 Å². The molecule has 2 rings (SSSR count). The molecule has 0 bridgehead atoms. The van der Waals surface area contributed by atoms with Crippen molar-refractivity contribution in [1.29, 1.82) is 0 Å². The predicted octanol–water partition coefficient (Wildman–Crippen LogP) is 3.31. The molecule has 140 valence electrons. The van der Waals surface area contributed by atoms with Crippen LogP contribution < -0.4 is 5.32 Å². The first-order valence-electron chi connectivity index (χ1n) is 9.94. The van der Waals surface area contributed by atoms with Crippen molar-refractivity contribution in [2.45, 2.75) is 46.1 Å². The molecule has 25 heavy (non-hydrogen) atoms. The lowest BCUT2D eigenvalue weighted by Gasteiger charge is -2.31. The van der Waals surface area contributed by atoms with Crippen LogP contribution in [0.25, 0.3) is 0 Å². The summed E-state index contributed by atoms with van der Waals surface area (Å²) in [7, 11) is 0. The Morgan fingerprint density at radius 3 is 2.44 bits per heavy atom. The zero-order valence-corrected chi connectivity index (χ0v) is 16.2. The van der Waals surface area contributed by atoms with Crippen LogP contribution >= 0.6 is 0 Å². The fraction of sp³-hybridized carbons (Fsp3) is 0.667. The lowest BCUT2D eigenvalue weighted by molar-refractivity contribution is -0.126.